The monoisotopic (exact) mass is 635 g/mol. The maximum Gasteiger partial charge on any atom is 0.308 e. The average Bonchev–Trinajstić information content (AvgIpc) is 3.47. The molecule has 13 heteroatoms. The second-order valence-electron chi connectivity index (χ2n) is 10.0. The van der Waals surface area contributed by atoms with E-state index in [-0.39, 0.29) is 12.2 Å². The zero-order chi connectivity index (χ0) is 31.1. The summed E-state index contributed by atoms with van der Waals surface area (Å²) >= 11 is 2.03. The van der Waals surface area contributed by atoms with E-state index >= 15 is 0 Å². The summed E-state index contributed by atoms with van der Waals surface area (Å²) < 4.78 is 31.1. The third-order valence-corrected chi connectivity index (χ3v) is 10.2. The molecule has 2 aliphatic heterocycles. The highest BCUT2D eigenvalue weighted by Crippen LogP contribution is 2.54. The number of nitrogens with zero attached hydrogens (tertiary/aromatic N) is 2. The van der Waals surface area contributed by atoms with Crippen molar-refractivity contribution in [3.63, 3.8) is 0 Å². The summed E-state index contributed by atoms with van der Waals surface area (Å²) in [4.78, 5) is 55.6. The van der Waals surface area contributed by atoms with E-state index in [2.05, 4.69) is 5.32 Å². The molecular weight excluding hydrogens is 609 g/mol. The van der Waals surface area contributed by atoms with Gasteiger partial charge in [0.1, 0.15) is 23.4 Å². The SMILES string of the molecule is COc1ccc(NC(=O)Cn2c3c(sc2=O)[C@@H](c2ccc(OC)c(OC)c2)[C@@H]2C(=O)N(c4ccc(F)cc4)C(=O)[C@@H]2S3)cc1. The fourth-order valence-electron chi connectivity index (χ4n) is 5.52. The van der Waals surface area contributed by atoms with Gasteiger partial charge in [0.25, 0.3) is 0 Å². The Bertz CT molecular complexity index is 1820. The number of aromatic nitrogens is 1. The van der Waals surface area contributed by atoms with Crippen LogP contribution in [0.3, 0.4) is 0 Å². The second-order valence-corrected chi connectivity index (χ2v) is 12.2. The van der Waals surface area contributed by atoms with Crippen molar-refractivity contribution in [3.8, 4) is 17.2 Å². The number of hydrogen-bond donors (Lipinski definition) is 1. The number of methoxy groups -OCH3 is 3. The lowest BCUT2D eigenvalue weighted by Gasteiger charge is -2.31. The zero-order valence-corrected chi connectivity index (χ0v) is 25.4. The summed E-state index contributed by atoms with van der Waals surface area (Å²) in [6.07, 6.45) is 0. The molecule has 226 valence electrons. The van der Waals surface area contributed by atoms with Crippen LogP contribution in [0.5, 0.6) is 17.2 Å². The molecule has 44 heavy (non-hydrogen) atoms. The van der Waals surface area contributed by atoms with Crippen LogP contribution in [0.4, 0.5) is 15.8 Å². The normalized spacial score (nSPS) is 18.9. The van der Waals surface area contributed by atoms with E-state index in [0.29, 0.717) is 38.4 Å². The quantitative estimate of drug-likeness (QED) is 0.281. The third kappa shape index (κ3) is 5.11. The Morgan fingerprint density at radius 2 is 1.59 bits per heavy atom. The summed E-state index contributed by atoms with van der Waals surface area (Å²) in [5, 5.41) is 2.32. The summed E-state index contributed by atoms with van der Waals surface area (Å²) in [5.41, 5.74) is 1.41. The standard InChI is InChI=1S/C31H26FN3O7S2/c1-40-20-11-7-18(8-12-20)33-23(36)15-34-30-27(44-31(34)39)24(16-4-13-21(41-2)22(14-16)42-3)25-26(43-30)29(38)35(28(25)37)19-9-5-17(32)6-10-19/h4-14,24-26H,15H2,1-3H3,(H,33,36)/t24-,25-,26+/m0/s1. The number of halogens is 1. The number of nitrogens with one attached hydrogen (secondary N) is 1. The highest BCUT2D eigenvalue weighted by molar-refractivity contribution is 8.00. The van der Waals surface area contributed by atoms with Gasteiger partial charge >= 0.3 is 4.87 Å². The predicted molar refractivity (Wildman–Crippen MR) is 164 cm³/mol. The lowest BCUT2D eigenvalue weighted by Crippen LogP contribution is -2.33. The highest BCUT2D eigenvalue weighted by atomic mass is 32.2. The molecule has 3 atom stereocenters. The van der Waals surface area contributed by atoms with Crippen molar-refractivity contribution in [1.82, 2.24) is 4.57 Å². The van der Waals surface area contributed by atoms with Crippen molar-refractivity contribution >= 4 is 52.2 Å². The molecule has 0 radical (unpaired) electrons. The Morgan fingerprint density at radius 3 is 2.25 bits per heavy atom. The van der Waals surface area contributed by atoms with Crippen molar-refractivity contribution in [2.24, 2.45) is 5.92 Å². The van der Waals surface area contributed by atoms with Crippen LogP contribution in [0.15, 0.2) is 76.6 Å². The van der Waals surface area contributed by atoms with Gasteiger partial charge in [0.2, 0.25) is 17.7 Å². The number of amides is 3. The summed E-state index contributed by atoms with van der Waals surface area (Å²) in [6.45, 7) is -0.302. The molecule has 3 heterocycles. The number of ether oxygens (including phenoxy) is 3. The van der Waals surface area contributed by atoms with Gasteiger partial charge in [-0.25, -0.2) is 9.29 Å². The van der Waals surface area contributed by atoms with Gasteiger partial charge in [-0.2, -0.15) is 0 Å². The van der Waals surface area contributed by atoms with Crippen LogP contribution < -0.4 is 29.3 Å². The summed E-state index contributed by atoms with van der Waals surface area (Å²) in [7, 11) is 4.54. The van der Waals surface area contributed by atoms with E-state index in [0.717, 1.165) is 28.0 Å². The fourth-order valence-corrected chi connectivity index (χ4v) is 8.30. The van der Waals surface area contributed by atoms with E-state index in [1.54, 1.807) is 49.6 Å². The largest absolute Gasteiger partial charge is 0.497 e. The molecule has 0 bridgehead atoms. The van der Waals surface area contributed by atoms with Gasteiger partial charge in [-0.15, -0.1) is 0 Å². The molecule has 3 aromatic carbocycles. The first kappa shape index (κ1) is 29.5. The maximum absolute atomic E-state index is 14.0. The molecule has 0 unspecified atom stereocenters. The molecule has 6 rings (SSSR count). The number of rotatable bonds is 8. The van der Waals surface area contributed by atoms with E-state index in [4.69, 9.17) is 14.2 Å². The minimum atomic E-state index is -0.900. The molecule has 1 saturated heterocycles. The van der Waals surface area contributed by atoms with Gasteiger partial charge < -0.3 is 19.5 Å². The van der Waals surface area contributed by atoms with Crippen LogP contribution in [-0.2, 0) is 20.9 Å². The first-order valence-corrected chi connectivity index (χ1v) is 15.1. The first-order valence-electron chi connectivity index (χ1n) is 13.4. The lowest BCUT2D eigenvalue weighted by molar-refractivity contribution is -0.122. The van der Waals surface area contributed by atoms with Crippen LogP contribution in [0.1, 0.15) is 16.4 Å². The number of hydrogen-bond acceptors (Lipinski definition) is 9. The molecule has 1 aromatic heterocycles. The Hall–Kier alpha value is -4.62. The number of thiazole rings is 1. The highest BCUT2D eigenvalue weighted by Gasteiger charge is 2.57. The van der Waals surface area contributed by atoms with Crippen LogP contribution in [0.25, 0.3) is 0 Å². The lowest BCUT2D eigenvalue weighted by atomic mass is 9.83. The number of imide groups is 1. The molecule has 0 aliphatic carbocycles. The number of benzene rings is 3. The van der Waals surface area contributed by atoms with Crippen molar-refractivity contribution in [2.75, 3.05) is 31.5 Å². The van der Waals surface area contributed by atoms with Gasteiger partial charge in [-0.1, -0.05) is 29.2 Å². The molecule has 0 saturated carbocycles. The van der Waals surface area contributed by atoms with E-state index in [1.165, 1.54) is 43.1 Å². The van der Waals surface area contributed by atoms with Crippen LogP contribution >= 0.6 is 23.1 Å². The van der Waals surface area contributed by atoms with Crippen LogP contribution in [-0.4, -0.2) is 48.9 Å². The third-order valence-electron chi connectivity index (χ3n) is 7.58. The molecular formula is C31H26FN3O7S2. The molecule has 1 fully saturated rings. The Kier molecular flexibility index (Phi) is 7.91. The zero-order valence-electron chi connectivity index (χ0n) is 23.7. The number of anilines is 2. The Labute approximate surface area is 259 Å². The van der Waals surface area contributed by atoms with E-state index in [1.807, 2.05) is 0 Å². The molecule has 4 aromatic rings. The number of fused-ring (bicyclic) bond motifs is 2. The Morgan fingerprint density at radius 1 is 0.886 bits per heavy atom. The maximum atomic E-state index is 14.0. The first-order chi connectivity index (χ1) is 21.2. The van der Waals surface area contributed by atoms with Gasteiger partial charge in [-0.3, -0.25) is 23.7 Å². The smallest absolute Gasteiger partial charge is 0.308 e. The summed E-state index contributed by atoms with van der Waals surface area (Å²) in [6, 6.07) is 17.1. The van der Waals surface area contributed by atoms with Crippen LogP contribution in [0, 0.1) is 11.7 Å². The van der Waals surface area contributed by atoms with Crippen LogP contribution in [0.2, 0.25) is 0 Å². The average molecular weight is 636 g/mol. The fraction of sp³-hybridized carbons (Fsp3) is 0.226. The number of carbonyl (C=O) groups is 3. The van der Waals surface area contributed by atoms with Crippen molar-refractivity contribution in [2.45, 2.75) is 22.7 Å². The van der Waals surface area contributed by atoms with Gasteiger partial charge in [0.15, 0.2) is 11.5 Å². The minimum absolute atomic E-state index is 0.252. The topological polar surface area (TPSA) is 116 Å². The van der Waals surface area contributed by atoms with Gasteiger partial charge in [0.05, 0.1) is 38.0 Å². The summed E-state index contributed by atoms with van der Waals surface area (Å²) in [5.74, 6) is -1.95. The van der Waals surface area contributed by atoms with E-state index in [9.17, 15) is 23.6 Å². The molecule has 1 N–H and O–H groups in total. The molecule has 3 amide bonds. The van der Waals surface area contributed by atoms with Crippen molar-refractivity contribution in [3.05, 3.63) is 92.7 Å². The Balaban J connectivity index is 1.41. The molecule has 10 nitrogen and oxygen atoms in total. The predicted octanol–water partition coefficient (Wildman–Crippen LogP) is 4.51. The molecule has 2 aliphatic rings. The molecule has 0 spiro atoms. The van der Waals surface area contributed by atoms with E-state index < -0.39 is 45.5 Å². The van der Waals surface area contributed by atoms with Crippen molar-refractivity contribution in [1.29, 1.82) is 0 Å². The van der Waals surface area contributed by atoms with Gasteiger partial charge in [0, 0.05) is 16.5 Å². The second kappa shape index (κ2) is 11.8. The number of carbonyl (C=O) groups excluding carboxylic acids is 3. The minimum Gasteiger partial charge on any atom is -0.497 e. The van der Waals surface area contributed by atoms with Gasteiger partial charge in [-0.05, 0) is 66.2 Å². The van der Waals surface area contributed by atoms with Crippen molar-refractivity contribution < 1.29 is 33.0 Å². The number of thioether (sulfide) groups is 1.